The van der Waals surface area contributed by atoms with Gasteiger partial charge < -0.3 is 0 Å². The van der Waals surface area contributed by atoms with Crippen LogP contribution in [0.5, 0.6) is 0 Å². The van der Waals surface area contributed by atoms with Crippen LogP contribution >= 0.6 is 22.7 Å². The molecule has 0 spiro atoms. The Labute approximate surface area is 113 Å². The second-order valence-corrected chi connectivity index (χ2v) is 5.52. The largest absolute Gasteiger partial charge is 0.300 e. The maximum absolute atomic E-state index is 5.34. The Morgan fingerprint density at radius 3 is 2.56 bits per heavy atom. The Kier molecular flexibility index (Phi) is 3.10. The molecule has 0 aliphatic heterocycles. The van der Waals surface area contributed by atoms with E-state index >= 15 is 0 Å². The summed E-state index contributed by atoms with van der Waals surface area (Å²) in [7, 11) is 0. The van der Waals surface area contributed by atoms with Gasteiger partial charge in [-0.1, -0.05) is 30.3 Å². The molecule has 0 aliphatic carbocycles. The minimum Gasteiger partial charge on any atom is -0.300 e. The van der Waals surface area contributed by atoms with E-state index in [4.69, 9.17) is 5.84 Å². The lowest BCUT2D eigenvalue weighted by atomic mass is 10.1. The highest BCUT2D eigenvalue weighted by Gasteiger charge is 2.07. The third kappa shape index (κ3) is 2.15. The number of nitrogens with one attached hydrogen (secondary N) is 1. The molecular weight excluding hydrogens is 262 g/mol. The minimum absolute atomic E-state index is 0.736. The summed E-state index contributed by atoms with van der Waals surface area (Å²) in [6.07, 6.45) is 0. The molecule has 0 unspecified atom stereocenters. The lowest BCUT2D eigenvalue weighted by molar-refractivity contribution is 1.29. The number of aromatic nitrogens is 1. The standard InChI is InChI=1S/C13H11N3S2/c14-16-13-15-11(8-18-13)12-6-10(7-17-12)9-4-2-1-3-5-9/h1-8H,14H2,(H,15,16). The van der Waals surface area contributed by atoms with Crippen molar-refractivity contribution in [2.45, 2.75) is 0 Å². The van der Waals surface area contributed by atoms with Gasteiger partial charge in [-0.3, -0.25) is 5.43 Å². The van der Waals surface area contributed by atoms with E-state index < -0.39 is 0 Å². The first-order valence-corrected chi connectivity index (χ1v) is 7.19. The van der Waals surface area contributed by atoms with Crippen molar-refractivity contribution in [1.82, 2.24) is 4.98 Å². The first-order chi connectivity index (χ1) is 8.86. The van der Waals surface area contributed by atoms with Crippen molar-refractivity contribution < 1.29 is 0 Å². The average Bonchev–Trinajstić information content (AvgIpc) is 3.08. The first-order valence-electron chi connectivity index (χ1n) is 5.43. The van der Waals surface area contributed by atoms with E-state index in [9.17, 15) is 0 Å². The Morgan fingerprint density at radius 1 is 1.00 bits per heavy atom. The fraction of sp³-hybridized carbons (Fsp3) is 0. The Hall–Kier alpha value is -1.69. The van der Waals surface area contributed by atoms with Gasteiger partial charge in [0.15, 0.2) is 5.13 Å². The van der Waals surface area contributed by atoms with Crippen LogP contribution in [0.15, 0.2) is 47.2 Å². The molecule has 2 heterocycles. The molecule has 3 aromatic rings. The maximum Gasteiger partial charge on any atom is 0.197 e. The molecule has 5 heteroatoms. The molecule has 18 heavy (non-hydrogen) atoms. The zero-order valence-corrected chi connectivity index (χ0v) is 11.1. The topological polar surface area (TPSA) is 50.9 Å². The van der Waals surface area contributed by atoms with Crippen LogP contribution in [0.2, 0.25) is 0 Å². The van der Waals surface area contributed by atoms with Gasteiger partial charge in [0.25, 0.3) is 0 Å². The van der Waals surface area contributed by atoms with Gasteiger partial charge >= 0.3 is 0 Å². The molecule has 3 nitrogen and oxygen atoms in total. The second kappa shape index (κ2) is 4.89. The zero-order chi connectivity index (χ0) is 12.4. The molecule has 0 radical (unpaired) electrons. The lowest BCUT2D eigenvalue weighted by Gasteiger charge is -1.94. The molecule has 0 aliphatic rings. The highest BCUT2D eigenvalue weighted by atomic mass is 32.1. The van der Waals surface area contributed by atoms with Gasteiger partial charge in [0.05, 0.1) is 10.6 Å². The molecule has 90 valence electrons. The molecule has 0 fully saturated rings. The third-order valence-electron chi connectivity index (χ3n) is 2.59. The van der Waals surface area contributed by atoms with Crippen LogP contribution in [0.25, 0.3) is 21.7 Å². The predicted molar refractivity (Wildman–Crippen MR) is 78.7 cm³/mol. The summed E-state index contributed by atoms with van der Waals surface area (Å²) in [5, 5.41) is 4.90. The van der Waals surface area contributed by atoms with Gasteiger partial charge in [0.1, 0.15) is 0 Å². The highest BCUT2D eigenvalue weighted by molar-refractivity contribution is 7.16. The van der Waals surface area contributed by atoms with Crippen LogP contribution in [0, 0.1) is 0 Å². The van der Waals surface area contributed by atoms with Gasteiger partial charge in [-0.15, -0.1) is 22.7 Å². The number of hydrogen-bond acceptors (Lipinski definition) is 5. The van der Waals surface area contributed by atoms with E-state index in [1.807, 2.05) is 23.6 Å². The summed E-state index contributed by atoms with van der Waals surface area (Å²) in [6, 6.07) is 12.5. The normalized spacial score (nSPS) is 10.5. The number of thiazole rings is 1. The number of thiophene rings is 1. The molecular formula is C13H11N3S2. The summed E-state index contributed by atoms with van der Waals surface area (Å²) >= 11 is 3.21. The molecule has 0 saturated heterocycles. The van der Waals surface area contributed by atoms with E-state index in [-0.39, 0.29) is 0 Å². The molecule has 1 aromatic carbocycles. The van der Waals surface area contributed by atoms with Gasteiger partial charge in [-0.25, -0.2) is 10.8 Å². The fourth-order valence-electron chi connectivity index (χ4n) is 1.71. The van der Waals surface area contributed by atoms with Gasteiger partial charge in [0, 0.05) is 5.38 Å². The molecule has 2 aromatic heterocycles. The van der Waals surface area contributed by atoms with Crippen molar-refractivity contribution in [3.63, 3.8) is 0 Å². The summed E-state index contributed by atoms with van der Waals surface area (Å²) < 4.78 is 0. The molecule has 0 bridgehead atoms. The second-order valence-electron chi connectivity index (χ2n) is 3.75. The highest BCUT2D eigenvalue weighted by Crippen LogP contribution is 2.33. The number of nitrogens with zero attached hydrogens (tertiary/aromatic N) is 1. The van der Waals surface area contributed by atoms with E-state index in [0.29, 0.717) is 0 Å². The monoisotopic (exact) mass is 273 g/mol. The Bertz CT molecular complexity index is 643. The molecule has 0 atom stereocenters. The minimum atomic E-state index is 0.736. The third-order valence-corrected chi connectivity index (χ3v) is 4.31. The number of anilines is 1. The molecule has 0 amide bonds. The van der Waals surface area contributed by atoms with E-state index in [0.717, 1.165) is 15.7 Å². The Morgan fingerprint density at radius 2 is 1.83 bits per heavy atom. The van der Waals surface area contributed by atoms with Crippen LogP contribution in [0.4, 0.5) is 5.13 Å². The number of benzene rings is 1. The van der Waals surface area contributed by atoms with Crippen molar-refractivity contribution in [3.8, 4) is 21.7 Å². The number of nitrogens with two attached hydrogens (primary N) is 1. The summed E-state index contributed by atoms with van der Waals surface area (Å²) in [5.41, 5.74) is 6.00. The maximum atomic E-state index is 5.34. The number of rotatable bonds is 3. The van der Waals surface area contributed by atoms with Crippen molar-refractivity contribution in [2.24, 2.45) is 5.84 Å². The van der Waals surface area contributed by atoms with Gasteiger partial charge in [0.2, 0.25) is 0 Å². The van der Waals surface area contributed by atoms with Crippen molar-refractivity contribution in [1.29, 1.82) is 0 Å². The number of hydrogen-bond donors (Lipinski definition) is 2. The summed E-state index contributed by atoms with van der Waals surface area (Å²) in [6.45, 7) is 0. The molecule has 3 N–H and O–H groups in total. The van der Waals surface area contributed by atoms with Crippen LogP contribution in [0.1, 0.15) is 0 Å². The number of nitrogen functional groups attached to an aromatic ring is 1. The SMILES string of the molecule is NNc1nc(-c2cc(-c3ccccc3)cs2)cs1. The van der Waals surface area contributed by atoms with Crippen molar-refractivity contribution in [2.75, 3.05) is 5.43 Å². The lowest BCUT2D eigenvalue weighted by Crippen LogP contribution is -2.05. The van der Waals surface area contributed by atoms with Crippen molar-refractivity contribution in [3.05, 3.63) is 47.2 Å². The van der Waals surface area contributed by atoms with E-state index in [2.05, 4.69) is 34.0 Å². The van der Waals surface area contributed by atoms with Crippen LogP contribution in [0.3, 0.4) is 0 Å². The van der Waals surface area contributed by atoms with Gasteiger partial charge in [-0.05, 0) is 22.6 Å². The Balaban J connectivity index is 1.94. The van der Waals surface area contributed by atoms with Crippen LogP contribution in [-0.4, -0.2) is 4.98 Å². The van der Waals surface area contributed by atoms with Gasteiger partial charge in [-0.2, -0.15) is 0 Å². The predicted octanol–water partition coefficient (Wildman–Crippen LogP) is 3.82. The van der Waals surface area contributed by atoms with E-state index in [1.165, 1.54) is 22.5 Å². The smallest absolute Gasteiger partial charge is 0.197 e. The molecule has 0 saturated carbocycles. The first kappa shape index (κ1) is 11.4. The fourth-order valence-corrected chi connectivity index (χ4v) is 3.28. The average molecular weight is 273 g/mol. The summed E-state index contributed by atoms with van der Waals surface area (Å²) in [5.74, 6) is 5.34. The summed E-state index contributed by atoms with van der Waals surface area (Å²) in [4.78, 5) is 5.56. The quantitative estimate of drug-likeness (QED) is 0.563. The number of hydrazine groups is 1. The van der Waals surface area contributed by atoms with Crippen LogP contribution < -0.4 is 11.3 Å². The zero-order valence-electron chi connectivity index (χ0n) is 9.46. The van der Waals surface area contributed by atoms with E-state index in [1.54, 1.807) is 11.3 Å². The van der Waals surface area contributed by atoms with Crippen LogP contribution in [-0.2, 0) is 0 Å². The van der Waals surface area contributed by atoms with Crippen molar-refractivity contribution >= 4 is 27.8 Å². The molecule has 3 rings (SSSR count).